The fourth-order valence-corrected chi connectivity index (χ4v) is 2.08. The molecule has 0 bridgehead atoms. The zero-order valence-electron chi connectivity index (χ0n) is 10.4. The Morgan fingerprint density at radius 2 is 1.80 bits per heavy atom. The lowest BCUT2D eigenvalue weighted by molar-refractivity contribution is 0.0796. The molecule has 0 fully saturated rings. The van der Waals surface area contributed by atoms with E-state index in [0.717, 1.165) is 4.90 Å². The molecule has 1 amide bonds. The second-order valence-corrected chi connectivity index (χ2v) is 4.34. The lowest BCUT2D eigenvalue weighted by Gasteiger charge is -2.16. The van der Waals surface area contributed by atoms with E-state index < -0.39 is 5.91 Å². The number of benzene rings is 1. The van der Waals surface area contributed by atoms with Crippen molar-refractivity contribution in [1.82, 2.24) is 9.88 Å². The van der Waals surface area contributed by atoms with Gasteiger partial charge in [-0.25, -0.2) is 4.98 Å². The summed E-state index contributed by atoms with van der Waals surface area (Å²) in [5, 5.41) is 19.1. The van der Waals surface area contributed by atoms with E-state index in [9.17, 15) is 4.79 Å². The number of hydrogen-bond acceptors (Lipinski definition) is 4. The van der Waals surface area contributed by atoms with E-state index in [1.807, 2.05) is 12.1 Å². The van der Waals surface area contributed by atoms with Gasteiger partial charge in [-0.05, 0) is 5.39 Å². The fourth-order valence-electron chi connectivity index (χ4n) is 1.87. The number of carbonyl (C=O) groups excluding carboxylic acids is 1. The summed E-state index contributed by atoms with van der Waals surface area (Å²) in [7, 11) is 0. The number of amides is 1. The van der Waals surface area contributed by atoms with E-state index in [-0.39, 0.29) is 13.1 Å². The minimum absolute atomic E-state index is 0.149. The van der Waals surface area contributed by atoms with Gasteiger partial charge in [0.15, 0.2) is 0 Å². The summed E-state index contributed by atoms with van der Waals surface area (Å²) in [5.41, 5.74) is 0.329. The van der Waals surface area contributed by atoms with E-state index >= 15 is 0 Å². The highest BCUT2D eigenvalue weighted by molar-refractivity contribution is 6.34. The summed E-state index contributed by atoms with van der Waals surface area (Å²) in [6.45, 7) is -0.299. The third-order valence-corrected chi connectivity index (χ3v) is 3.09. The SMILES string of the molecule is N#CCN(CC#N)C(=O)c1cnc(Cl)c2ccccc12. The molecule has 1 aromatic carbocycles. The fraction of sp³-hybridized carbons (Fsp3) is 0.143. The lowest BCUT2D eigenvalue weighted by atomic mass is 10.1. The average molecular weight is 285 g/mol. The molecule has 98 valence electrons. The lowest BCUT2D eigenvalue weighted by Crippen LogP contribution is -2.32. The van der Waals surface area contributed by atoms with E-state index in [1.54, 1.807) is 24.3 Å². The Balaban J connectivity index is 2.53. The molecule has 6 heteroatoms. The highest BCUT2D eigenvalue weighted by Gasteiger charge is 2.19. The maximum Gasteiger partial charge on any atom is 0.257 e. The number of nitriles is 2. The number of pyridine rings is 1. The number of fused-ring (bicyclic) bond motifs is 1. The van der Waals surface area contributed by atoms with Gasteiger partial charge in [0.05, 0.1) is 17.7 Å². The number of halogens is 1. The van der Waals surface area contributed by atoms with Crippen molar-refractivity contribution in [3.63, 3.8) is 0 Å². The van der Waals surface area contributed by atoms with Gasteiger partial charge in [0.25, 0.3) is 5.91 Å². The maximum absolute atomic E-state index is 12.4. The Morgan fingerprint density at radius 1 is 1.20 bits per heavy atom. The Bertz CT molecular complexity index is 729. The number of hydrogen-bond donors (Lipinski definition) is 0. The summed E-state index contributed by atoms with van der Waals surface area (Å²) in [4.78, 5) is 17.5. The summed E-state index contributed by atoms with van der Waals surface area (Å²) < 4.78 is 0. The minimum atomic E-state index is -0.409. The van der Waals surface area contributed by atoms with Crippen molar-refractivity contribution in [1.29, 1.82) is 10.5 Å². The summed E-state index contributed by atoms with van der Waals surface area (Å²) in [5.74, 6) is -0.409. The van der Waals surface area contributed by atoms with Crippen LogP contribution in [0.15, 0.2) is 30.5 Å². The molecule has 0 radical (unpaired) electrons. The second kappa shape index (κ2) is 6.01. The first kappa shape index (κ1) is 13.8. The van der Waals surface area contributed by atoms with Crippen LogP contribution in [0.1, 0.15) is 10.4 Å². The van der Waals surface area contributed by atoms with Crippen molar-refractivity contribution in [2.75, 3.05) is 13.1 Å². The van der Waals surface area contributed by atoms with E-state index in [2.05, 4.69) is 4.98 Å². The van der Waals surface area contributed by atoms with Crippen LogP contribution >= 0.6 is 11.6 Å². The molecule has 2 aromatic rings. The molecule has 0 unspecified atom stereocenters. The van der Waals surface area contributed by atoms with E-state index in [4.69, 9.17) is 22.1 Å². The molecule has 0 N–H and O–H groups in total. The Morgan fingerprint density at radius 3 is 2.40 bits per heavy atom. The van der Waals surface area contributed by atoms with Crippen LogP contribution in [0.2, 0.25) is 5.15 Å². The number of nitrogens with zero attached hydrogens (tertiary/aromatic N) is 4. The molecule has 5 nitrogen and oxygen atoms in total. The van der Waals surface area contributed by atoms with Crippen LogP contribution in [0.25, 0.3) is 10.8 Å². The maximum atomic E-state index is 12.4. The molecular formula is C14H9ClN4O. The highest BCUT2D eigenvalue weighted by atomic mass is 35.5. The molecule has 0 spiro atoms. The molecule has 0 aliphatic rings. The molecular weight excluding hydrogens is 276 g/mol. The van der Waals surface area contributed by atoms with Gasteiger partial charge in [0.2, 0.25) is 0 Å². The number of rotatable bonds is 3. The predicted octanol–water partition coefficient (Wildman–Crippen LogP) is 2.38. The summed E-state index contributed by atoms with van der Waals surface area (Å²) >= 11 is 5.99. The molecule has 1 heterocycles. The Hall–Kier alpha value is -2.63. The van der Waals surface area contributed by atoms with Crippen molar-refractivity contribution >= 4 is 28.3 Å². The van der Waals surface area contributed by atoms with Crippen molar-refractivity contribution in [2.24, 2.45) is 0 Å². The molecule has 0 saturated heterocycles. The van der Waals surface area contributed by atoms with Gasteiger partial charge in [-0.2, -0.15) is 10.5 Å². The molecule has 0 aliphatic carbocycles. The van der Waals surface area contributed by atoms with Crippen molar-refractivity contribution in [3.8, 4) is 12.1 Å². The number of aromatic nitrogens is 1. The normalized spacial score (nSPS) is 9.75. The molecule has 0 saturated carbocycles. The standard InChI is InChI=1S/C14H9ClN4O/c15-13-11-4-2-1-3-10(11)12(9-18-13)14(20)19(7-5-16)8-6-17/h1-4,9H,7-8H2. The Kier molecular flexibility index (Phi) is 4.14. The molecule has 20 heavy (non-hydrogen) atoms. The van der Waals surface area contributed by atoms with Gasteiger partial charge < -0.3 is 4.90 Å². The zero-order chi connectivity index (χ0) is 14.5. The van der Waals surface area contributed by atoms with Crippen LogP contribution in [-0.4, -0.2) is 28.9 Å². The Labute approximate surface area is 120 Å². The zero-order valence-corrected chi connectivity index (χ0v) is 11.1. The van der Waals surface area contributed by atoms with Crippen LogP contribution in [0, 0.1) is 22.7 Å². The highest BCUT2D eigenvalue weighted by Crippen LogP contribution is 2.25. The molecule has 1 aromatic heterocycles. The monoisotopic (exact) mass is 284 g/mol. The van der Waals surface area contributed by atoms with Crippen molar-refractivity contribution in [2.45, 2.75) is 0 Å². The van der Waals surface area contributed by atoms with Crippen LogP contribution in [0.4, 0.5) is 0 Å². The third kappa shape index (κ3) is 2.54. The average Bonchev–Trinajstić information content (AvgIpc) is 2.47. The van der Waals surface area contributed by atoms with Crippen LogP contribution in [0.3, 0.4) is 0 Å². The smallest absolute Gasteiger partial charge is 0.257 e. The first-order chi connectivity index (χ1) is 9.69. The van der Waals surface area contributed by atoms with Gasteiger partial charge in [0, 0.05) is 11.6 Å². The van der Waals surface area contributed by atoms with Gasteiger partial charge in [-0.15, -0.1) is 0 Å². The van der Waals surface area contributed by atoms with E-state index in [0.29, 0.717) is 21.5 Å². The van der Waals surface area contributed by atoms with Crippen LogP contribution < -0.4 is 0 Å². The van der Waals surface area contributed by atoms with Gasteiger partial charge in [0.1, 0.15) is 18.2 Å². The predicted molar refractivity (Wildman–Crippen MR) is 73.9 cm³/mol. The minimum Gasteiger partial charge on any atom is -0.312 e. The third-order valence-electron chi connectivity index (χ3n) is 2.79. The molecule has 2 rings (SSSR count). The topological polar surface area (TPSA) is 80.8 Å². The quantitative estimate of drug-likeness (QED) is 0.640. The van der Waals surface area contributed by atoms with Crippen LogP contribution in [-0.2, 0) is 0 Å². The van der Waals surface area contributed by atoms with Crippen molar-refractivity contribution in [3.05, 3.63) is 41.2 Å². The van der Waals surface area contributed by atoms with Gasteiger partial charge >= 0.3 is 0 Å². The van der Waals surface area contributed by atoms with Crippen molar-refractivity contribution < 1.29 is 4.79 Å². The van der Waals surface area contributed by atoms with Gasteiger partial charge in [-0.3, -0.25) is 4.79 Å². The largest absolute Gasteiger partial charge is 0.312 e. The van der Waals surface area contributed by atoms with E-state index in [1.165, 1.54) is 6.20 Å². The summed E-state index contributed by atoms with van der Waals surface area (Å²) in [6.07, 6.45) is 1.37. The van der Waals surface area contributed by atoms with Gasteiger partial charge in [-0.1, -0.05) is 35.9 Å². The first-order valence-corrected chi connectivity index (χ1v) is 6.13. The molecule has 0 aliphatic heterocycles. The summed E-state index contributed by atoms with van der Waals surface area (Å²) in [6, 6.07) is 10.8. The van der Waals surface area contributed by atoms with Crippen LogP contribution in [0.5, 0.6) is 0 Å². The first-order valence-electron chi connectivity index (χ1n) is 5.75. The number of carbonyl (C=O) groups is 1. The second-order valence-electron chi connectivity index (χ2n) is 3.99. The molecule has 0 atom stereocenters.